The summed E-state index contributed by atoms with van der Waals surface area (Å²) in [5.41, 5.74) is 0.302. The van der Waals surface area contributed by atoms with Gasteiger partial charge in [-0.1, -0.05) is 6.58 Å². The van der Waals surface area contributed by atoms with Gasteiger partial charge in [0.2, 0.25) is 0 Å². The first-order valence-electron chi connectivity index (χ1n) is 6.51. The summed E-state index contributed by atoms with van der Waals surface area (Å²) in [7, 11) is 0. The monoisotopic (exact) mass is 271 g/mol. The third-order valence-corrected chi connectivity index (χ3v) is 2.64. The quantitative estimate of drug-likeness (QED) is 0.463. The van der Waals surface area contributed by atoms with E-state index < -0.39 is 5.97 Å². The summed E-state index contributed by atoms with van der Waals surface area (Å²) < 4.78 is 10.4. The maximum atomic E-state index is 11.6. The molecule has 1 aliphatic rings. The standard InChI is InChI=1S/C13H21NO5/c1-3-17-9-10-18-8-6-11(2)13(16)19-14-7-4-5-12(14)15/h2-10H2,1H3. The molecular weight excluding hydrogens is 250 g/mol. The molecule has 0 bridgehead atoms. The third-order valence-electron chi connectivity index (χ3n) is 2.64. The van der Waals surface area contributed by atoms with Crippen molar-refractivity contribution in [2.45, 2.75) is 26.2 Å². The van der Waals surface area contributed by atoms with Crippen molar-refractivity contribution in [1.82, 2.24) is 5.06 Å². The molecule has 0 N–H and O–H groups in total. The number of rotatable bonds is 9. The van der Waals surface area contributed by atoms with Gasteiger partial charge in [-0.2, -0.15) is 5.06 Å². The van der Waals surface area contributed by atoms with Gasteiger partial charge in [-0.05, 0) is 13.3 Å². The Hall–Kier alpha value is -1.40. The van der Waals surface area contributed by atoms with Crippen LogP contribution in [0.15, 0.2) is 12.2 Å². The van der Waals surface area contributed by atoms with Crippen molar-refractivity contribution < 1.29 is 23.9 Å². The molecule has 0 radical (unpaired) electrons. The van der Waals surface area contributed by atoms with Crippen molar-refractivity contribution in [1.29, 1.82) is 0 Å². The van der Waals surface area contributed by atoms with Crippen molar-refractivity contribution in [2.24, 2.45) is 0 Å². The molecule has 0 aromatic heterocycles. The van der Waals surface area contributed by atoms with Crippen LogP contribution in [0.5, 0.6) is 0 Å². The zero-order valence-corrected chi connectivity index (χ0v) is 11.4. The first-order chi connectivity index (χ1) is 9.15. The number of amides is 1. The van der Waals surface area contributed by atoms with Crippen LogP contribution in [0.2, 0.25) is 0 Å². The van der Waals surface area contributed by atoms with Gasteiger partial charge in [-0.15, -0.1) is 0 Å². The molecule has 0 saturated carbocycles. The zero-order chi connectivity index (χ0) is 14.1. The number of hydrogen-bond acceptors (Lipinski definition) is 5. The Kier molecular flexibility index (Phi) is 7.14. The van der Waals surface area contributed by atoms with Gasteiger partial charge in [0.05, 0.1) is 26.4 Å². The molecule has 1 aliphatic heterocycles. The maximum Gasteiger partial charge on any atom is 0.358 e. The van der Waals surface area contributed by atoms with Crippen molar-refractivity contribution in [3.8, 4) is 0 Å². The van der Waals surface area contributed by atoms with Crippen LogP contribution in [0.4, 0.5) is 0 Å². The maximum absolute atomic E-state index is 11.6. The number of nitrogens with zero attached hydrogens (tertiary/aromatic N) is 1. The average Bonchev–Trinajstić information content (AvgIpc) is 2.79. The lowest BCUT2D eigenvalue weighted by Crippen LogP contribution is -2.29. The van der Waals surface area contributed by atoms with E-state index in [-0.39, 0.29) is 5.91 Å². The molecule has 0 unspecified atom stereocenters. The SMILES string of the molecule is C=C(CCOCCOCC)C(=O)ON1CCCC1=O. The summed E-state index contributed by atoms with van der Waals surface area (Å²) in [5.74, 6) is -0.724. The topological polar surface area (TPSA) is 65.1 Å². The predicted octanol–water partition coefficient (Wildman–Crippen LogP) is 1.07. The van der Waals surface area contributed by atoms with Crippen molar-refractivity contribution in [3.63, 3.8) is 0 Å². The molecule has 0 aliphatic carbocycles. The molecule has 108 valence electrons. The van der Waals surface area contributed by atoms with Crippen LogP contribution in [0.1, 0.15) is 26.2 Å². The fourth-order valence-electron chi connectivity index (χ4n) is 1.55. The molecule has 6 nitrogen and oxygen atoms in total. The second-order valence-corrected chi connectivity index (χ2v) is 4.14. The van der Waals surface area contributed by atoms with E-state index >= 15 is 0 Å². The summed E-state index contributed by atoms with van der Waals surface area (Å²) in [5, 5.41) is 1.10. The van der Waals surface area contributed by atoms with Crippen molar-refractivity contribution >= 4 is 11.9 Å². The van der Waals surface area contributed by atoms with Crippen LogP contribution < -0.4 is 0 Å². The van der Waals surface area contributed by atoms with Crippen LogP contribution in [0, 0.1) is 0 Å². The Morgan fingerprint density at radius 3 is 2.68 bits per heavy atom. The summed E-state index contributed by atoms with van der Waals surface area (Å²) in [4.78, 5) is 27.8. The molecule has 1 rings (SSSR count). The van der Waals surface area contributed by atoms with Gasteiger partial charge >= 0.3 is 5.97 Å². The summed E-state index contributed by atoms with van der Waals surface area (Å²) in [6, 6.07) is 0. The van der Waals surface area contributed by atoms with Gasteiger partial charge in [0.15, 0.2) is 0 Å². The smallest absolute Gasteiger partial charge is 0.358 e. The third kappa shape index (κ3) is 5.85. The van der Waals surface area contributed by atoms with Gasteiger partial charge in [0.1, 0.15) is 0 Å². The average molecular weight is 271 g/mol. The highest BCUT2D eigenvalue weighted by Crippen LogP contribution is 2.12. The van der Waals surface area contributed by atoms with Crippen LogP contribution >= 0.6 is 0 Å². The number of hydrogen-bond donors (Lipinski definition) is 0. The van der Waals surface area contributed by atoms with Gasteiger partial charge < -0.3 is 14.3 Å². The summed E-state index contributed by atoms with van der Waals surface area (Å²) in [6.07, 6.45) is 1.53. The van der Waals surface area contributed by atoms with E-state index in [9.17, 15) is 9.59 Å². The molecule has 0 aromatic rings. The minimum atomic E-state index is -0.566. The fraction of sp³-hybridized carbons (Fsp3) is 0.692. The highest BCUT2D eigenvalue weighted by atomic mass is 16.7. The van der Waals surface area contributed by atoms with Gasteiger partial charge in [-0.3, -0.25) is 4.79 Å². The first-order valence-corrected chi connectivity index (χ1v) is 6.51. The van der Waals surface area contributed by atoms with E-state index in [1.165, 1.54) is 0 Å². The van der Waals surface area contributed by atoms with Gasteiger partial charge in [0.25, 0.3) is 5.91 Å². The Labute approximate surface area is 113 Å². The van der Waals surface area contributed by atoms with Crippen LogP contribution in [-0.2, 0) is 23.9 Å². The molecule has 0 spiro atoms. The number of carbonyl (C=O) groups is 2. The summed E-state index contributed by atoms with van der Waals surface area (Å²) in [6.45, 7) is 8.07. The molecule has 6 heteroatoms. The van der Waals surface area contributed by atoms with Crippen molar-refractivity contribution in [2.75, 3.05) is 33.0 Å². The highest BCUT2D eigenvalue weighted by Gasteiger charge is 2.24. The normalized spacial score (nSPS) is 14.8. The lowest BCUT2D eigenvalue weighted by Gasteiger charge is -2.15. The van der Waals surface area contributed by atoms with E-state index in [4.69, 9.17) is 14.3 Å². The van der Waals surface area contributed by atoms with Crippen molar-refractivity contribution in [3.05, 3.63) is 12.2 Å². The lowest BCUT2D eigenvalue weighted by atomic mass is 10.2. The Balaban J connectivity index is 2.11. The molecule has 0 aromatic carbocycles. The van der Waals surface area contributed by atoms with E-state index in [1.54, 1.807) is 0 Å². The van der Waals surface area contributed by atoms with E-state index in [0.717, 1.165) is 11.5 Å². The predicted molar refractivity (Wildman–Crippen MR) is 68.1 cm³/mol. The molecule has 1 fully saturated rings. The zero-order valence-electron chi connectivity index (χ0n) is 11.4. The Bertz CT molecular complexity index is 329. The lowest BCUT2D eigenvalue weighted by molar-refractivity contribution is -0.189. The number of hydroxylamine groups is 2. The summed E-state index contributed by atoms with van der Waals surface area (Å²) >= 11 is 0. The van der Waals surface area contributed by atoms with E-state index in [0.29, 0.717) is 51.4 Å². The van der Waals surface area contributed by atoms with Crippen LogP contribution in [0.25, 0.3) is 0 Å². The molecule has 0 atom stereocenters. The second kappa shape index (κ2) is 8.66. The Morgan fingerprint density at radius 2 is 2.05 bits per heavy atom. The Morgan fingerprint density at radius 1 is 1.32 bits per heavy atom. The molecule has 1 heterocycles. The number of ether oxygens (including phenoxy) is 2. The number of carbonyl (C=O) groups excluding carboxylic acids is 2. The highest BCUT2D eigenvalue weighted by molar-refractivity contribution is 5.89. The van der Waals surface area contributed by atoms with Crippen LogP contribution in [0.3, 0.4) is 0 Å². The van der Waals surface area contributed by atoms with E-state index in [1.807, 2.05) is 6.92 Å². The second-order valence-electron chi connectivity index (χ2n) is 4.14. The van der Waals surface area contributed by atoms with E-state index in [2.05, 4.69) is 6.58 Å². The molecular formula is C13H21NO5. The van der Waals surface area contributed by atoms with Crippen LogP contribution in [-0.4, -0.2) is 49.9 Å². The molecule has 1 saturated heterocycles. The van der Waals surface area contributed by atoms with Gasteiger partial charge in [0, 0.05) is 25.0 Å². The fourth-order valence-corrected chi connectivity index (χ4v) is 1.55. The minimum absolute atomic E-state index is 0.158. The largest absolute Gasteiger partial charge is 0.379 e. The first kappa shape index (κ1) is 15.7. The minimum Gasteiger partial charge on any atom is -0.379 e. The van der Waals surface area contributed by atoms with Gasteiger partial charge in [-0.25, -0.2) is 4.79 Å². The molecule has 19 heavy (non-hydrogen) atoms. The molecule has 1 amide bonds.